The molecule has 0 nitrogen and oxygen atoms in total. The zero-order valence-electron chi connectivity index (χ0n) is 8.18. The average Bonchev–Trinajstić information content (AvgIpc) is 2.86. The van der Waals surface area contributed by atoms with Gasteiger partial charge in [-0.3, -0.25) is 0 Å². The first-order valence-electron chi connectivity index (χ1n) is 4.91. The number of hydrogen-bond acceptors (Lipinski definition) is 0. The highest BCUT2D eigenvalue weighted by Gasteiger charge is 2.46. The molecule has 0 aromatic heterocycles. The van der Waals surface area contributed by atoms with Crippen LogP contribution in [0.3, 0.4) is 0 Å². The average molecular weight is 239 g/mol. The molecule has 0 N–H and O–H groups in total. The fourth-order valence-corrected chi connectivity index (χ4v) is 2.38. The first-order valence-corrected chi connectivity index (χ1v) is 5.70. The van der Waals surface area contributed by atoms with Crippen molar-refractivity contribution in [3.63, 3.8) is 0 Å². The third kappa shape index (κ3) is 1.54. The monoisotopic (exact) mass is 238 g/mol. The van der Waals surface area contributed by atoms with E-state index in [1.807, 2.05) is 0 Å². The first-order chi connectivity index (χ1) is 6.15. The molecule has 0 saturated heterocycles. The predicted molar refractivity (Wildman–Crippen MR) is 59.9 cm³/mol. The highest BCUT2D eigenvalue weighted by Crippen LogP contribution is 2.53. The van der Waals surface area contributed by atoms with E-state index >= 15 is 0 Å². The molecule has 0 atom stereocenters. The smallest absolute Gasteiger partial charge is 0.0175 e. The van der Waals surface area contributed by atoms with Gasteiger partial charge in [0.1, 0.15) is 0 Å². The molecule has 0 heterocycles. The quantitative estimate of drug-likeness (QED) is 0.727. The van der Waals surface area contributed by atoms with Gasteiger partial charge in [-0.25, -0.2) is 0 Å². The van der Waals surface area contributed by atoms with Crippen LogP contribution in [0.15, 0.2) is 28.7 Å². The Bertz CT molecular complexity index is 293. The molecule has 1 heteroatoms. The fraction of sp³-hybridized carbons (Fsp3) is 0.500. The minimum absolute atomic E-state index is 0.515. The van der Waals surface area contributed by atoms with E-state index in [2.05, 4.69) is 54.0 Å². The van der Waals surface area contributed by atoms with Gasteiger partial charge in [-0.1, -0.05) is 41.9 Å². The Balaban J connectivity index is 2.31. The SMILES string of the molecule is CC(C)C1(c2ccc(Br)cc2)CC1. The van der Waals surface area contributed by atoms with Crippen LogP contribution >= 0.6 is 15.9 Å². The van der Waals surface area contributed by atoms with Crippen LogP contribution in [0.25, 0.3) is 0 Å². The lowest BCUT2D eigenvalue weighted by molar-refractivity contribution is 0.481. The van der Waals surface area contributed by atoms with Gasteiger partial charge in [0, 0.05) is 4.47 Å². The van der Waals surface area contributed by atoms with E-state index in [9.17, 15) is 0 Å². The summed E-state index contributed by atoms with van der Waals surface area (Å²) >= 11 is 3.47. The van der Waals surface area contributed by atoms with E-state index in [0.717, 1.165) is 5.92 Å². The molecule has 1 aliphatic rings. The second kappa shape index (κ2) is 3.13. The predicted octanol–water partition coefficient (Wildman–Crippen LogP) is 4.14. The van der Waals surface area contributed by atoms with E-state index in [1.165, 1.54) is 22.9 Å². The summed E-state index contributed by atoms with van der Waals surface area (Å²) in [5.74, 6) is 0.772. The van der Waals surface area contributed by atoms with Crippen LogP contribution in [-0.2, 0) is 5.41 Å². The molecule has 13 heavy (non-hydrogen) atoms. The second-order valence-electron chi connectivity index (χ2n) is 4.32. The maximum absolute atomic E-state index is 3.47. The number of hydrogen-bond donors (Lipinski definition) is 0. The number of rotatable bonds is 2. The lowest BCUT2D eigenvalue weighted by Crippen LogP contribution is -2.14. The summed E-state index contributed by atoms with van der Waals surface area (Å²) in [5.41, 5.74) is 2.03. The Morgan fingerprint density at radius 2 is 1.69 bits per heavy atom. The fourth-order valence-electron chi connectivity index (χ4n) is 2.12. The van der Waals surface area contributed by atoms with Gasteiger partial charge in [0.15, 0.2) is 0 Å². The Labute approximate surface area is 88.5 Å². The molecule has 0 radical (unpaired) electrons. The van der Waals surface area contributed by atoms with Crippen molar-refractivity contribution in [2.75, 3.05) is 0 Å². The summed E-state index contributed by atoms with van der Waals surface area (Å²) in [6.45, 7) is 4.66. The maximum Gasteiger partial charge on any atom is 0.0175 e. The third-order valence-corrected chi connectivity index (χ3v) is 3.84. The number of halogens is 1. The summed E-state index contributed by atoms with van der Waals surface area (Å²) < 4.78 is 1.18. The van der Waals surface area contributed by atoms with Gasteiger partial charge < -0.3 is 0 Å². The molecular formula is C12H15Br. The lowest BCUT2D eigenvalue weighted by atomic mass is 9.85. The topological polar surface area (TPSA) is 0 Å². The molecule has 0 aliphatic heterocycles. The van der Waals surface area contributed by atoms with Gasteiger partial charge in [0.05, 0.1) is 0 Å². The largest absolute Gasteiger partial charge is 0.0619 e. The molecule has 70 valence electrons. The van der Waals surface area contributed by atoms with Crippen molar-refractivity contribution in [3.05, 3.63) is 34.3 Å². The molecular weight excluding hydrogens is 224 g/mol. The van der Waals surface area contributed by atoms with Gasteiger partial charge in [-0.05, 0) is 41.9 Å². The van der Waals surface area contributed by atoms with Crippen molar-refractivity contribution < 1.29 is 0 Å². The second-order valence-corrected chi connectivity index (χ2v) is 5.23. The zero-order chi connectivity index (χ0) is 9.47. The Hall–Kier alpha value is -0.300. The first kappa shape index (κ1) is 9.26. The van der Waals surface area contributed by atoms with Crippen LogP contribution in [-0.4, -0.2) is 0 Å². The van der Waals surface area contributed by atoms with Gasteiger partial charge in [0.25, 0.3) is 0 Å². The normalized spacial score (nSPS) is 19.1. The van der Waals surface area contributed by atoms with Crippen molar-refractivity contribution in [2.45, 2.75) is 32.1 Å². The van der Waals surface area contributed by atoms with E-state index in [1.54, 1.807) is 0 Å². The summed E-state index contributed by atoms with van der Waals surface area (Å²) in [4.78, 5) is 0. The molecule has 1 fully saturated rings. The van der Waals surface area contributed by atoms with Crippen molar-refractivity contribution in [1.82, 2.24) is 0 Å². The van der Waals surface area contributed by atoms with Crippen LogP contribution in [0.5, 0.6) is 0 Å². The van der Waals surface area contributed by atoms with E-state index in [4.69, 9.17) is 0 Å². The zero-order valence-corrected chi connectivity index (χ0v) is 9.76. The van der Waals surface area contributed by atoms with Crippen LogP contribution < -0.4 is 0 Å². The molecule has 1 aromatic carbocycles. The summed E-state index contributed by atoms with van der Waals surface area (Å²) in [7, 11) is 0. The molecule has 1 aromatic rings. The molecule has 1 aliphatic carbocycles. The highest BCUT2D eigenvalue weighted by atomic mass is 79.9. The van der Waals surface area contributed by atoms with E-state index in [-0.39, 0.29) is 0 Å². The molecule has 2 rings (SSSR count). The van der Waals surface area contributed by atoms with Gasteiger partial charge in [-0.15, -0.1) is 0 Å². The van der Waals surface area contributed by atoms with Crippen LogP contribution in [0.1, 0.15) is 32.3 Å². The minimum Gasteiger partial charge on any atom is -0.0619 e. The summed E-state index contributed by atoms with van der Waals surface area (Å²) in [5, 5.41) is 0. The molecule has 0 spiro atoms. The van der Waals surface area contributed by atoms with Crippen molar-refractivity contribution >= 4 is 15.9 Å². The lowest BCUT2D eigenvalue weighted by Gasteiger charge is -2.19. The minimum atomic E-state index is 0.515. The summed E-state index contributed by atoms with van der Waals surface area (Å²) in [6, 6.07) is 8.82. The summed E-state index contributed by atoms with van der Waals surface area (Å²) in [6.07, 6.45) is 2.73. The molecule has 0 amide bonds. The molecule has 1 saturated carbocycles. The van der Waals surface area contributed by atoms with Gasteiger partial charge >= 0.3 is 0 Å². The van der Waals surface area contributed by atoms with E-state index < -0.39 is 0 Å². The Kier molecular flexibility index (Phi) is 2.23. The van der Waals surface area contributed by atoms with Crippen LogP contribution in [0.2, 0.25) is 0 Å². The van der Waals surface area contributed by atoms with Crippen molar-refractivity contribution in [3.8, 4) is 0 Å². The van der Waals surface area contributed by atoms with Gasteiger partial charge in [0.2, 0.25) is 0 Å². The Morgan fingerprint density at radius 1 is 1.15 bits per heavy atom. The van der Waals surface area contributed by atoms with Crippen LogP contribution in [0.4, 0.5) is 0 Å². The molecule has 0 unspecified atom stereocenters. The standard InChI is InChI=1S/C12H15Br/c1-9(2)12(7-8-12)10-3-5-11(13)6-4-10/h3-6,9H,7-8H2,1-2H3. The van der Waals surface area contributed by atoms with Crippen molar-refractivity contribution in [1.29, 1.82) is 0 Å². The van der Waals surface area contributed by atoms with Crippen LogP contribution in [0, 0.1) is 5.92 Å². The Morgan fingerprint density at radius 3 is 2.08 bits per heavy atom. The molecule has 0 bridgehead atoms. The van der Waals surface area contributed by atoms with Gasteiger partial charge in [-0.2, -0.15) is 0 Å². The highest BCUT2D eigenvalue weighted by molar-refractivity contribution is 9.10. The maximum atomic E-state index is 3.47. The van der Waals surface area contributed by atoms with E-state index in [0.29, 0.717) is 5.41 Å². The number of benzene rings is 1. The third-order valence-electron chi connectivity index (χ3n) is 3.31. The van der Waals surface area contributed by atoms with Crippen molar-refractivity contribution in [2.24, 2.45) is 5.92 Å².